The highest BCUT2D eigenvalue weighted by Crippen LogP contribution is 2.42. The van der Waals surface area contributed by atoms with Crippen LogP contribution in [0.15, 0.2) is 0 Å². The van der Waals surface area contributed by atoms with Crippen molar-refractivity contribution in [3.8, 4) is 0 Å². The van der Waals surface area contributed by atoms with Crippen LogP contribution in [0.25, 0.3) is 0 Å². The van der Waals surface area contributed by atoms with Crippen LogP contribution in [-0.4, -0.2) is 49.6 Å². The molecule has 0 aromatic carbocycles. The zero-order chi connectivity index (χ0) is 19.6. The first-order valence-electron chi connectivity index (χ1n) is 6.04. The van der Waals surface area contributed by atoms with Crippen LogP contribution in [0.1, 0.15) is 19.3 Å². The second-order valence-electron chi connectivity index (χ2n) is 4.69. The van der Waals surface area contributed by atoms with Crippen molar-refractivity contribution in [2.75, 3.05) is 12.8 Å². The maximum absolute atomic E-state index is 12.9. The molecule has 1 N–H and O–H groups in total. The summed E-state index contributed by atoms with van der Waals surface area (Å²) in [5, 5.41) is 1.63. The minimum Gasteiger partial charge on any atom is -0.357 e. The van der Waals surface area contributed by atoms with Crippen LogP contribution in [0.5, 0.6) is 0 Å². The molecule has 0 aliphatic carbocycles. The Labute approximate surface area is 136 Å². The topological polar surface area (TPSA) is 63.2 Å². The molecule has 0 spiro atoms. The van der Waals surface area contributed by atoms with Gasteiger partial charge in [0.05, 0.1) is 12.2 Å². The first-order chi connectivity index (χ1) is 10.4. The van der Waals surface area contributed by atoms with Gasteiger partial charge in [0.25, 0.3) is 5.91 Å². The number of hydrogen-bond acceptors (Lipinski definition) is 3. The third kappa shape index (κ3) is 5.60. The summed E-state index contributed by atoms with van der Waals surface area (Å²) in [6.45, 7) is 0. The van der Waals surface area contributed by atoms with Gasteiger partial charge in [-0.2, -0.15) is 35.1 Å². The van der Waals surface area contributed by atoms with Gasteiger partial charge in [0.2, 0.25) is 4.21 Å². The number of hydrogen-bond donors (Lipinski definition) is 1. The van der Waals surface area contributed by atoms with Crippen molar-refractivity contribution in [2.24, 2.45) is 0 Å². The molecule has 24 heavy (non-hydrogen) atoms. The van der Waals surface area contributed by atoms with E-state index in [4.69, 9.17) is 11.6 Å². The molecule has 0 rings (SSSR count). The Balaban J connectivity index is 5.56. The fourth-order valence-electron chi connectivity index (χ4n) is 1.47. The highest BCUT2D eigenvalue weighted by Gasteiger charge is 2.59. The van der Waals surface area contributed by atoms with Crippen LogP contribution < -0.4 is 5.32 Å². The molecule has 0 bridgehead atoms. The predicted molar refractivity (Wildman–Crippen MR) is 67.3 cm³/mol. The molecule has 0 heterocycles. The van der Waals surface area contributed by atoms with E-state index in [1.807, 2.05) is 0 Å². The van der Waals surface area contributed by atoms with Gasteiger partial charge in [-0.05, 0) is 6.42 Å². The minimum atomic E-state index is -6.04. The van der Waals surface area contributed by atoms with E-state index in [-0.39, 0.29) is 0 Å². The Hall–Kier alpha value is -0.850. The number of amides is 1. The molecule has 144 valence electrons. The van der Waals surface area contributed by atoms with Gasteiger partial charge in [-0.25, -0.2) is 8.42 Å². The predicted octanol–water partition coefficient (Wildman–Crippen LogP) is 3.01. The number of nitrogens with one attached hydrogen (secondary N) is 1. The van der Waals surface area contributed by atoms with E-state index in [1.54, 1.807) is 5.32 Å². The van der Waals surface area contributed by atoms with Crippen LogP contribution in [0.2, 0.25) is 0 Å². The van der Waals surface area contributed by atoms with Gasteiger partial charge in [0.1, 0.15) is 0 Å². The van der Waals surface area contributed by atoms with Crippen LogP contribution in [-0.2, 0) is 14.6 Å². The average Bonchev–Trinajstić information content (AvgIpc) is 2.39. The molecular formula is C10H12ClF8NO3S. The number of halogens is 9. The van der Waals surface area contributed by atoms with Crippen molar-refractivity contribution in [1.29, 1.82) is 0 Å². The summed E-state index contributed by atoms with van der Waals surface area (Å²) in [6.07, 6.45) is -16.9. The fourth-order valence-corrected chi connectivity index (χ4v) is 3.51. The van der Waals surface area contributed by atoms with Gasteiger partial charge < -0.3 is 5.32 Å². The Morgan fingerprint density at radius 3 is 1.75 bits per heavy atom. The molecule has 0 fully saturated rings. The van der Waals surface area contributed by atoms with Crippen LogP contribution in [0, 0.1) is 0 Å². The molecule has 1 amide bonds. The molecule has 0 aliphatic rings. The van der Waals surface area contributed by atoms with E-state index in [0.29, 0.717) is 0 Å². The number of sulfone groups is 1. The molecule has 0 radical (unpaired) electrons. The number of rotatable bonds is 7. The van der Waals surface area contributed by atoms with E-state index < -0.39 is 63.2 Å². The minimum absolute atomic E-state index is 0.792. The van der Waals surface area contributed by atoms with E-state index in [9.17, 15) is 48.3 Å². The quantitative estimate of drug-likeness (QED) is 0.515. The standard InChI is InChI=1S/C10H12ClF8NO3S/c1-20-6(21)7(11,2-3-8(12,13)10(17,18)19)24(22,23)5-4-9(14,15)16/h2-5H2,1H3,(H,20,21). The van der Waals surface area contributed by atoms with Crippen molar-refractivity contribution in [2.45, 2.75) is 41.7 Å². The lowest BCUT2D eigenvalue weighted by atomic mass is 10.1. The molecular weight excluding hydrogens is 402 g/mol. The van der Waals surface area contributed by atoms with Crippen LogP contribution in [0.3, 0.4) is 0 Å². The van der Waals surface area contributed by atoms with Crippen LogP contribution in [0.4, 0.5) is 35.1 Å². The van der Waals surface area contributed by atoms with E-state index in [2.05, 4.69) is 0 Å². The number of alkyl halides is 9. The summed E-state index contributed by atoms with van der Waals surface area (Å²) in [6, 6.07) is 0. The van der Waals surface area contributed by atoms with Gasteiger partial charge >= 0.3 is 18.3 Å². The zero-order valence-electron chi connectivity index (χ0n) is 11.9. The summed E-state index contributed by atoms with van der Waals surface area (Å²) >= 11 is 5.40. The Morgan fingerprint density at radius 1 is 0.958 bits per heavy atom. The first-order valence-corrected chi connectivity index (χ1v) is 8.07. The highest BCUT2D eigenvalue weighted by molar-refractivity contribution is 7.95. The molecule has 1 unspecified atom stereocenters. The van der Waals surface area contributed by atoms with Gasteiger partial charge in [-0.1, -0.05) is 11.6 Å². The lowest BCUT2D eigenvalue weighted by molar-refractivity contribution is -0.284. The van der Waals surface area contributed by atoms with Crippen molar-refractivity contribution in [3.63, 3.8) is 0 Å². The second-order valence-corrected chi connectivity index (χ2v) is 7.90. The molecule has 0 aliphatic heterocycles. The van der Waals surface area contributed by atoms with Crippen molar-refractivity contribution in [1.82, 2.24) is 5.32 Å². The number of carbonyl (C=O) groups is 1. The summed E-state index contributed by atoms with van der Waals surface area (Å²) in [5.41, 5.74) is 0. The van der Waals surface area contributed by atoms with Crippen LogP contribution >= 0.6 is 11.6 Å². The Kier molecular flexibility index (Phi) is 6.92. The van der Waals surface area contributed by atoms with E-state index in [1.165, 1.54) is 0 Å². The molecule has 14 heteroatoms. The summed E-state index contributed by atoms with van der Waals surface area (Å²) in [4.78, 5) is 11.5. The maximum Gasteiger partial charge on any atom is 0.453 e. The van der Waals surface area contributed by atoms with Crippen molar-refractivity contribution in [3.05, 3.63) is 0 Å². The van der Waals surface area contributed by atoms with Crippen molar-refractivity contribution >= 4 is 27.3 Å². The van der Waals surface area contributed by atoms with Gasteiger partial charge in [-0.3, -0.25) is 4.79 Å². The monoisotopic (exact) mass is 413 g/mol. The summed E-state index contributed by atoms with van der Waals surface area (Å²) < 4.78 is 119. The molecule has 0 aromatic heterocycles. The van der Waals surface area contributed by atoms with Gasteiger partial charge in [-0.15, -0.1) is 0 Å². The maximum atomic E-state index is 12.9. The zero-order valence-corrected chi connectivity index (χ0v) is 13.4. The molecule has 0 saturated carbocycles. The smallest absolute Gasteiger partial charge is 0.357 e. The Bertz CT molecular complexity index is 559. The summed E-state index contributed by atoms with van der Waals surface area (Å²) in [7, 11) is -4.41. The van der Waals surface area contributed by atoms with E-state index >= 15 is 0 Å². The summed E-state index contributed by atoms with van der Waals surface area (Å²) in [5.74, 6) is -8.82. The second kappa shape index (κ2) is 7.18. The third-order valence-electron chi connectivity index (χ3n) is 2.89. The normalized spacial score (nSPS) is 16.6. The molecule has 1 atom stereocenters. The van der Waals surface area contributed by atoms with Crippen molar-refractivity contribution < 1.29 is 48.3 Å². The van der Waals surface area contributed by atoms with E-state index in [0.717, 1.165) is 7.05 Å². The average molecular weight is 414 g/mol. The lowest BCUT2D eigenvalue weighted by Gasteiger charge is -2.28. The highest BCUT2D eigenvalue weighted by atomic mass is 35.5. The van der Waals surface area contributed by atoms with Gasteiger partial charge in [0, 0.05) is 13.5 Å². The fraction of sp³-hybridized carbons (Fsp3) is 0.900. The lowest BCUT2D eigenvalue weighted by Crippen LogP contribution is -2.50. The third-order valence-corrected chi connectivity index (χ3v) is 6.07. The number of carbonyl (C=O) groups excluding carboxylic acids is 1. The molecule has 0 saturated heterocycles. The molecule has 4 nitrogen and oxygen atoms in total. The SMILES string of the molecule is CNC(=O)C(Cl)(CCC(F)(F)C(F)(F)F)S(=O)(=O)CCC(F)(F)F. The first kappa shape index (κ1) is 23.1. The molecule has 0 aromatic rings. The largest absolute Gasteiger partial charge is 0.453 e. The van der Waals surface area contributed by atoms with Gasteiger partial charge in [0.15, 0.2) is 9.84 Å². The Morgan fingerprint density at radius 2 is 1.42 bits per heavy atom.